The van der Waals surface area contributed by atoms with E-state index in [4.69, 9.17) is 10.5 Å². The Labute approximate surface area is 96.2 Å². The molecule has 0 saturated carbocycles. The summed E-state index contributed by atoms with van der Waals surface area (Å²) < 4.78 is 5.69. The largest absolute Gasteiger partial charge is 0.399 e. The Morgan fingerprint density at radius 3 is 3.19 bits per heavy atom. The number of nitrogens with zero attached hydrogens (tertiary/aromatic N) is 1. The van der Waals surface area contributed by atoms with Gasteiger partial charge in [0.1, 0.15) is 0 Å². The van der Waals surface area contributed by atoms with Crippen molar-refractivity contribution in [3.63, 3.8) is 0 Å². The average Bonchev–Trinajstić information content (AvgIpc) is 2.89. The second kappa shape index (κ2) is 3.98. The van der Waals surface area contributed by atoms with Crippen molar-refractivity contribution in [1.82, 2.24) is 0 Å². The van der Waals surface area contributed by atoms with E-state index in [1.807, 2.05) is 6.07 Å². The van der Waals surface area contributed by atoms with Gasteiger partial charge in [0.15, 0.2) is 0 Å². The molecule has 3 rings (SSSR count). The molecule has 86 valence electrons. The van der Waals surface area contributed by atoms with Crippen LogP contribution in [0, 0.1) is 0 Å². The highest BCUT2D eigenvalue weighted by molar-refractivity contribution is 5.63. The molecule has 0 aliphatic carbocycles. The minimum absolute atomic E-state index is 0.434. The molecule has 16 heavy (non-hydrogen) atoms. The Morgan fingerprint density at radius 2 is 2.38 bits per heavy atom. The number of fused-ring (bicyclic) bond motifs is 1. The van der Waals surface area contributed by atoms with Gasteiger partial charge in [-0.15, -0.1) is 0 Å². The zero-order chi connectivity index (χ0) is 11.0. The maximum atomic E-state index is 5.80. The maximum Gasteiger partial charge on any atom is 0.0750 e. The highest BCUT2D eigenvalue weighted by Crippen LogP contribution is 2.30. The number of hydrogen-bond donors (Lipinski definition) is 1. The lowest BCUT2D eigenvalue weighted by Crippen LogP contribution is -2.30. The summed E-state index contributed by atoms with van der Waals surface area (Å²) in [6, 6.07) is 6.24. The summed E-state index contributed by atoms with van der Waals surface area (Å²) in [5, 5.41) is 0. The number of anilines is 2. The van der Waals surface area contributed by atoms with Gasteiger partial charge in [-0.25, -0.2) is 0 Å². The van der Waals surface area contributed by atoms with Gasteiger partial charge >= 0.3 is 0 Å². The van der Waals surface area contributed by atoms with Crippen molar-refractivity contribution < 1.29 is 4.74 Å². The van der Waals surface area contributed by atoms with Crippen molar-refractivity contribution in [3.05, 3.63) is 23.8 Å². The first-order chi connectivity index (χ1) is 7.83. The van der Waals surface area contributed by atoms with Gasteiger partial charge in [-0.3, -0.25) is 0 Å². The van der Waals surface area contributed by atoms with Crippen LogP contribution < -0.4 is 10.6 Å². The molecule has 0 spiro atoms. The highest BCUT2D eigenvalue weighted by Gasteiger charge is 2.24. The van der Waals surface area contributed by atoms with Crippen LogP contribution in [-0.2, 0) is 11.2 Å². The third-order valence-electron chi connectivity index (χ3n) is 3.54. The van der Waals surface area contributed by atoms with E-state index in [-0.39, 0.29) is 0 Å². The topological polar surface area (TPSA) is 38.5 Å². The van der Waals surface area contributed by atoms with Crippen LogP contribution >= 0.6 is 0 Å². The average molecular weight is 218 g/mol. The highest BCUT2D eigenvalue weighted by atomic mass is 16.5. The second-order valence-electron chi connectivity index (χ2n) is 4.72. The lowest BCUT2D eigenvalue weighted by atomic mass is 10.1. The van der Waals surface area contributed by atoms with Crippen molar-refractivity contribution in [2.24, 2.45) is 0 Å². The van der Waals surface area contributed by atoms with Crippen LogP contribution in [0.3, 0.4) is 0 Å². The van der Waals surface area contributed by atoms with E-state index in [1.54, 1.807) is 0 Å². The standard InChI is InChI=1S/C13H18N2O/c14-11-3-4-13-10(8-11)5-6-15(13)9-12-2-1-7-16-12/h3-4,8,12H,1-2,5-7,9,14H2. The predicted octanol–water partition coefficient (Wildman–Crippen LogP) is 1.81. The minimum atomic E-state index is 0.434. The molecule has 1 fully saturated rings. The van der Waals surface area contributed by atoms with E-state index < -0.39 is 0 Å². The molecule has 2 aliphatic rings. The Balaban J connectivity index is 1.75. The fourth-order valence-corrected chi connectivity index (χ4v) is 2.71. The van der Waals surface area contributed by atoms with E-state index in [2.05, 4.69) is 17.0 Å². The molecule has 1 atom stereocenters. The zero-order valence-electron chi connectivity index (χ0n) is 9.48. The second-order valence-corrected chi connectivity index (χ2v) is 4.72. The van der Waals surface area contributed by atoms with Crippen molar-refractivity contribution in [3.8, 4) is 0 Å². The molecule has 0 bridgehead atoms. The third-order valence-corrected chi connectivity index (χ3v) is 3.54. The number of nitrogens with two attached hydrogens (primary N) is 1. The minimum Gasteiger partial charge on any atom is -0.399 e. The van der Waals surface area contributed by atoms with Crippen LogP contribution in [0.1, 0.15) is 18.4 Å². The van der Waals surface area contributed by atoms with Crippen LogP contribution in [-0.4, -0.2) is 25.8 Å². The summed E-state index contributed by atoms with van der Waals surface area (Å²) in [5.41, 5.74) is 9.41. The molecule has 0 amide bonds. The fourth-order valence-electron chi connectivity index (χ4n) is 2.71. The first kappa shape index (κ1) is 9.97. The number of hydrogen-bond acceptors (Lipinski definition) is 3. The van der Waals surface area contributed by atoms with Crippen molar-refractivity contribution in [2.75, 3.05) is 30.3 Å². The Kier molecular flexibility index (Phi) is 2.48. The number of benzene rings is 1. The molecule has 0 radical (unpaired) electrons. The molecule has 1 aromatic carbocycles. The normalized spacial score (nSPS) is 23.8. The molecule has 3 nitrogen and oxygen atoms in total. The number of ether oxygens (including phenoxy) is 1. The van der Waals surface area contributed by atoms with Crippen molar-refractivity contribution >= 4 is 11.4 Å². The van der Waals surface area contributed by atoms with Gasteiger partial charge in [-0.1, -0.05) is 0 Å². The predicted molar refractivity (Wildman–Crippen MR) is 65.7 cm³/mol. The van der Waals surface area contributed by atoms with Gasteiger partial charge in [-0.05, 0) is 43.0 Å². The number of nitrogen functional groups attached to an aromatic ring is 1. The molecule has 1 aromatic rings. The lowest BCUT2D eigenvalue weighted by Gasteiger charge is -2.22. The molecular formula is C13H18N2O. The van der Waals surface area contributed by atoms with Gasteiger partial charge in [0.25, 0.3) is 0 Å². The molecular weight excluding hydrogens is 200 g/mol. The number of rotatable bonds is 2. The molecule has 1 saturated heterocycles. The Hall–Kier alpha value is -1.22. The summed E-state index contributed by atoms with van der Waals surface area (Å²) in [6.07, 6.45) is 3.98. The Morgan fingerprint density at radius 1 is 1.44 bits per heavy atom. The van der Waals surface area contributed by atoms with Crippen molar-refractivity contribution in [1.29, 1.82) is 0 Å². The van der Waals surface area contributed by atoms with Crippen molar-refractivity contribution in [2.45, 2.75) is 25.4 Å². The molecule has 1 unspecified atom stereocenters. The van der Waals surface area contributed by atoms with E-state index >= 15 is 0 Å². The summed E-state index contributed by atoms with van der Waals surface area (Å²) >= 11 is 0. The van der Waals surface area contributed by atoms with Crippen LogP contribution in [0.5, 0.6) is 0 Å². The van der Waals surface area contributed by atoms with Gasteiger partial charge in [0.05, 0.1) is 6.10 Å². The van der Waals surface area contributed by atoms with Gasteiger partial charge in [-0.2, -0.15) is 0 Å². The summed E-state index contributed by atoms with van der Waals surface area (Å²) in [5.74, 6) is 0. The summed E-state index contributed by atoms with van der Waals surface area (Å²) in [6.45, 7) is 3.09. The Bertz CT molecular complexity index is 386. The molecule has 0 aromatic heterocycles. The molecule has 2 N–H and O–H groups in total. The summed E-state index contributed by atoms with van der Waals surface area (Å²) in [4.78, 5) is 2.44. The smallest absolute Gasteiger partial charge is 0.0750 e. The van der Waals surface area contributed by atoms with Crippen LogP contribution in [0.15, 0.2) is 18.2 Å². The van der Waals surface area contributed by atoms with E-state index in [9.17, 15) is 0 Å². The summed E-state index contributed by atoms with van der Waals surface area (Å²) in [7, 11) is 0. The van der Waals surface area contributed by atoms with Gasteiger partial charge < -0.3 is 15.4 Å². The zero-order valence-corrected chi connectivity index (χ0v) is 9.48. The SMILES string of the molecule is Nc1ccc2c(c1)CCN2CC1CCCO1. The van der Waals surface area contributed by atoms with Crippen LogP contribution in [0.25, 0.3) is 0 Å². The van der Waals surface area contributed by atoms with E-state index in [0.29, 0.717) is 6.10 Å². The van der Waals surface area contributed by atoms with Gasteiger partial charge in [0.2, 0.25) is 0 Å². The fraction of sp³-hybridized carbons (Fsp3) is 0.538. The van der Waals surface area contributed by atoms with E-state index in [0.717, 1.165) is 31.8 Å². The lowest BCUT2D eigenvalue weighted by molar-refractivity contribution is 0.116. The molecule has 2 heterocycles. The first-order valence-corrected chi connectivity index (χ1v) is 6.08. The van der Waals surface area contributed by atoms with Gasteiger partial charge in [0, 0.05) is 31.1 Å². The van der Waals surface area contributed by atoms with Crippen LogP contribution in [0.4, 0.5) is 11.4 Å². The third kappa shape index (κ3) is 1.76. The quantitative estimate of drug-likeness (QED) is 0.769. The molecule has 3 heteroatoms. The maximum absolute atomic E-state index is 5.80. The first-order valence-electron chi connectivity index (χ1n) is 6.08. The monoisotopic (exact) mass is 218 g/mol. The van der Waals surface area contributed by atoms with Crippen LogP contribution in [0.2, 0.25) is 0 Å². The van der Waals surface area contributed by atoms with E-state index in [1.165, 1.54) is 24.1 Å². The molecule has 2 aliphatic heterocycles.